The standard InChI is InChI=1S/C26H46N2O2/c1-25-14-11-24-22(8-6-20-18-21(29)10-13-26(20,24)2)23(25)9-7-19(25)12-15-27-30-17-5-16-28(3)4/h15,19-24,29H,5-14,16-18H2,1-4H3/b27-15+/t19?,20?,21?,22-,23-,24+,25+,26-/m0/s1. The maximum absolute atomic E-state index is 10.2. The molecule has 8 atom stereocenters. The SMILES string of the molecule is CN(C)CCCO/N=C/CC1CC[C@H]2[C@@H]3CCC4CC(O)CC[C@]4(C)[C@@H]3CC[C@]12C. The molecule has 0 aliphatic heterocycles. The van der Waals surface area contributed by atoms with Crippen LogP contribution in [-0.4, -0.2) is 49.6 Å². The van der Waals surface area contributed by atoms with Crippen molar-refractivity contribution in [1.29, 1.82) is 0 Å². The van der Waals surface area contributed by atoms with E-state index in [9.17, 15) is 5.11 Å². The fraction of sp³-hybridized carbons (Fsp3) is 0.962. The second-order valence-electron chi connectivity index (χ2n) is 11.9. The molecule has 4 rings (SSSR count). The lowest BCUT2D eigenvalue weighted by Crippen LogP contribution is -2.53. The maximum atomic E-state index is 10.2. The smallest absolute Gasteiger partial charge is 0.118 e. The van der Waals surface area contributed by atoms with Crippen molar-refractivity contribution < 1.29 is 9.94 Å². The van der Waals surface area contributed by atoms with Crippen LogP contribution < -0.4 is 0 Å². The van der Waals surface area contributed by atoms with Crippen LogP contribution in [-0.2, 0) is 4.84 Å². The molecule has 0 aromatic heterocycles. The lowest BCUT2D eigenvalue weighted by Gasteiger charge is -2.61. The van der Waals surface area contributed by atoms with Crippen molar-refractivity contribution in [2.45, 2.75) is 90.6 Å². The molecule has 3 unspecified atom stereocenters. The first-order valence-corrected chi connectivity index (χ1v) is 12.8. The predicted molar refractivity (Wildman–Crippen MR) is 123 cm³/mol. The minimum atomic E-state index is -0.0336. The number of oxime groups is 1. The van der Waals surface area contributed by atoms with Gasteiger partial charge in [-0.2, -0.15) is 0 Å². The fourth-order valence-electron chi connectivity index (χ4n) is 8.45. The average molecular weight is 419 g/mol. The van der Waals surface area contributed by atoms with Crippen molar-refractivity contribution in [2.24, 2.45) is 45.6 Å². The normalized spacial score (nSPS) is 45.9. The minimum absolute atomic E-state index is 0.0336. The van der Waals surface area contributed by atoms with Crippen molar-refractivity contribution in [3.05, 3.63) is 0 Å². The largest absolute Gasteiger partial charge is 0.396 e. The fourth-order valence-corrected chi connectivity index (χ4v) is 8.45. The van der Waals surface area contributed by atoms with E-state index in [-0.39, 0.29) is 6.10 Å². The highest BCUT2D eigenvalue weighted by molar-refractivity contribution is 5.57. The second kappa shape index (κ2) is 9.10. The van der Waals surface area contributed by atoms with Crippen LogP contribution in [0.5, 0.6) is 0 Å². The summed E-state index contributed by atoms with van der Waals surface area (Å²) in [5, 5.41) is 14.5. The van der Waals surface area contributed by atoms with Gasteiger partial charge < -0.3 is 14.8 Å². The van der Waals surface area contributed by atoms with Gasteiger partial charge >= 0.3 is 0 Å². The summed E-state index contributed by atoms with van der Waals surface area (Å²) in [4.78, 5) is 7.69. The molecule has 4 aliphatic carbocycles. The molecular weight excluding hydrogens is 372 g/mol. The highest BCUT2D eigenvalue weighted by atomic mass is 16.6. The van der Waals surface area contributed by atoms with E-state index in [2.05, 4.69) is 44.2 Å². The first kappa shape index (κ1) is 22.6. The van der Waals surface area contributed by atoms with Crippen molar-refractivity contribution in [1.82, 2.24) is 4.90 Å². The van der Waals surface area contributed by atoms with E-state index in [4.69, 9.17) is 4.84 Å². The summed E-state index contributed by atoms with van der Waals surface area (Å²) in [6.45, 7) is 6.97. The Bertz CT molecular complexity index is 608. The molecule has 0 spiro atoms. The third-order valence-electron chi connectivity index (χ3n) is 10.2. The van der Waals surface area contributed by atoms with E-state index in [0.29, 0.717) is 10.8 Å². The van der Waals surface area contributed by atoms with Gasteiger partial charge in [-0.3, -0.25) is 0 Å². The van der Waals surface area contributed by atoms with Gasteiger partial charge in [0.25, 0.3) is 0 Å². The molecule has 0 radical (unpaired) electrons. The van der Waals surface area contributed by atoms with Crippen LogP contribution >= 0.6 is 0 Å². The number of nitrogens with zero attached hydrogens (tertiary/aromatic N) is 2. The van der Waals surface area contributed by atoms with Crippen LogP contribution in [0.25, 0.3) is 0 Å². The monoisotopic (exact) mass is 418 g/mol. The van der Waals surface area contributed by atoms with Gasteiger partial charge in [-0.1, -0.05) is 19.0 Å². The van der Waals surface area contributed by atoms with Gasteiger partial charge in [-0.05, 0) is 125 Å². The van der Waals surface area contributed by atoms with E-state index in [0.717, 1.165) is 68.4 Å². The highest BCUT2D eigenvalue weighted by Gasteiger charge is 2.59. The van der Waals surface area contributed by atoms with Gasteiger partial charge in [0.05, 0.1) is 6.10 Å². The van der Waals surface area contributed by atoms with E-state index in [1.165, 1.54) is 44.9 Å². The molecule has 0 amide bonds. The zero-order valence-corrected chi connectivity index (χ0v) is 20.0. The Balaban J connectivity index is 1.34. The second-order valence-corrected chi connectivity index (χ2v) is 11.9. The summed E-state index contributed by atoms with van der Waals surface area (Å²) in [7, 11) is 4.19. The summed E-state index contributed by atoms with van der Waals surface area (Å²) >= 11 is 0. The number of fused-ring (bicyclic) bond motifs is 5. The van der Waals surface area contributed by atoms with Crippen molar-refractivity contribution in [2.75, 3.05) is 27.2 Å². The Morgan fingerprint density at radius 1 is 1.00 bits per heavy atom. The van der Waals surface area contributed by atoms with Crippen molar-refractivity contribution >= 4 is 6.21 Å². The summed E-state index contributed by atoms with van der Waals surface area (Å²) < 4.78 is 0. The number of aliphatic hydroxyl groups excluding tert-OH is 1. The Kier molecular flexibility index (Phi) is 6.85. The third-order valence-corrected chi connectivity index (χ3v) is 10.2. The Morgan fingerprint density at radius 2 is 1.77 bits per heavy atom. The van der Waals surface area contributed by atoms with Crippen LogP contribution in [0.15, 0.2) is 5.16 Å². The van der Waals surface area contributed by atoms with E-state index in [1.807, 2.05) is 0 Å². The quantitative estimate of drug-likeness (QED) is 0.344. The number of aliphatic hydroxyl groups is 1. The minimum Gasteiger partial charge on any atom is -0.396 e. The molecule has 30 heavy (non-hydrogen) atoms. The molecule has 4 aliphatic rings. The van der Waals surface area contributed by atoms with E-state index >= 15 is 0 Å². The molecule has 4 fully saturated rings. The van der Waals surface area contributed by atoms with Gasteiger partial charge in [0.2, 0.25) is 0 Å². The molecule has 0 heterocycles. The molecule has 4 nitrogen and oxygen atoms in total. The molecule has 172 valence electrons. The van der Waals surface area contributed by atoms with Gasteiger partial charge in [0.1, 0.15) is 6.61 Å². The van der Waals surface area contributed by atoms with Crippen LogP contribution in [0.2, 0.25) is 0 Å². The molecule has 4 saturated carbocycles. The molecular formula is C26H46N2O2. The lowest BCUT2D eigenvalue weighted by molar-refractivity contribution is -0.126. The van der Waals surface area contributed by atoms with Crippen LogP contribution in [0.1, 0.15) is 84.5 Å². The van der Waals surface area contributed by atoms with Crippen molar-refractivity contribution in [3.63, 3.8) is 0 Å². The number of hydrogen-bond acceptors (Lipinski definition) is 4. The Morgan fingerprint density at radius 3 is 2.57 bits per heavy atom. The summed E-state index contributed by atoms with van der Waals surface area (Å²) in [5.41, 5.74) is 0.985. The van der Waals surface area contributed by atoms with Gasteiger partial charge in [-0.15, -0.1) is 0 Å². The van der Waals surface area contributed by atoms with Gasteiger partial charge in [-0.25, -0.2) is 0 Å². The summed E-state index contributed by atoms with van der Waals surface area (Å²) in [6.07, 6.45) is 15.9. The number of rotatable bonds is 7. The number of hydrogen-bond donors (Lipinski definition) is 1. The zero-order chi connectivity index (χ0) is 21.4. The van der Waals surface area contributed by atoms with E-state index < -0.39 is 0 Å². The molecule has 4 heteroatoms. The first-order valence-electron chi connectivity index (χ1n) is 12.8. The highest BCUT2D eigenvalue weighted by Crippen LogP contribution is 2.67. The van der Waals surface area contributed by atoms with Crippen LogP contribution in [0.4, 0.5) is 0 Å². The molecule has 0 aromatic rings. The average Bonchev–Trinajstić information content (AvgIpc) is 3.04. The third kappa shape index (κ3) is 4.20. The molecule has 0 aromatic carbocycles. The Labute approximate surface area is 184 Å². The van der Waals surface area contributed by atoms with E-state index in [1.54, 1.807) is 0 Å². The van der Waals surface area contributed by atoms with Gasteiger partial charge in [0.15, 0.2) is 0 Å². The van der Waals surface area contributed by atoms with Crippen LogP contribution in [0.3, 0.4) is 0 Å². The van der Waals surface area contributed by atoms with Gasteiger partial charge in [0, 0.05) is 12.8 Å². The summed E-state index contributed by atoms with van der Waals surface area (Å²) in [5.74, 6) is 4.26. The maximum Gasteiger partial charge on any atom is 0.118 e. The first-order chi connectivity index (χ1) is 14.3. The summed E-state index contributed by atoms with van der Waals surface area (Å²) in [6, 6.07) is 0. The van der Waals surface area contributed by atoms with Crippen LogP contribution in [0, 0.1) is 40.4 Å². The Hall–Kier alpha value is -0.610. The zero-order valence-electron chi connectivity index (χ0n) is 20.0. The topological polar surface area (TPSA) is 45.1 Å². The molecule has 0 saturated heterocycles. The predicted octanol–water partition coefficient (Wildman–Crippen LogP) is 5.35. The lowest BCUT2D eigenvalue weighted by atomic mass is 9.44. The van der Waals surface area contributed by atoms with Crippen molar-refractivity contribution in [3.8, 4) is 0 Å². The molecule has 1 N–H and O–H groups in total. The molecule has 0 bridgehead atoms.